The van der Waals surface area contributed by atoms with Gasteiger partial charge in [-0.1, -0.05) is 12.1 Å². The number of carbonyl (C=O) groups is 1. The van der Waals surface area contributed by atoms with Crippen molar-refractivity contribution in [3.63, 3.8) is 0 Å². The number of sulfone groups is 1. The average Bonchev–Trinajstić information content (AvgIpc) is 3.31. The first-order valence-corrected chi connectivity index (χ1v) is 12.8. The lowest BCUT2D eigenvalue weighted by Crippen LogP contribution is -2.14. The monoisotopic (exact) mass is 491 g/mol. The lowest BCUT2D eigenvalue weighted by molar-refractivity contribution is 0.102. The SMILES string of the molecule is CCOc1ccccc1NC(=O)c1cc(-c2ccc(OC)cc2)n(-c2ccc(S(C)(=O)=O)cc2)n1. The predicted molar refractivity (Wildman–Crippen MR) is 134 cm³/mol. The van der Waals surface area contributed by atoms with Crippen LogP contribution in [0.1, 0.15) is 17.4 Å². The fourth-order valence-corrected chi connectivity index (χ4v) is 4.16. The van der Waals surface area contributed by atoms with Crippen LogP contribution in [0.5, 0.6) is 11.5 Å². The third-order valence-corrected chi connectivity index (χ3v) is 6.40. The molecule has 0 saturated carbocycles. The predicted octanol–water partition coefficient (Wildman–Crippen LogP) is 4.60. The van der Waals surface area contributed by atoms with Gasteiger partial charge in [0.15, 0.2) is 15.5 Å². The fourth-order valence-electron chi connectivity index (χ4n) is 3.53. The lowest BCUT2D eigenvalue weighted by Gasteiger charge is -2.10. The van der Waals surface area contributed by atoms with E-state index < -0.39 is 15.7 Å². The molecule has 4 rings (SSSR count). The molecule has 1 aromatic heterocycles. The average molecular weight is 492 g/mol. The van der Waals surface area contributed by atoms with Gasteiger partial charge in [-0.25, -0.2) is 13.1 Å². The van der Waals surface area contributed by atoms with E-state index in [0.29, 0.717) is 35.2 Å². The van der Waals surface area contributed by atoms with Gasteiger partial charge in [0.2, 0.25) is 0 Å². The van der Waals surface area contributed by atoms with Crippen LogP contribution in [0.4, 0.5) is 5.69 Å². The van der Waals surface area contributed by atoms with E-state index in [-0.39, 0.29) is 10.6 Å². The van der Waals surface area contributed by atoms with E-state index in [4.69, 9.17) is 9.47 Å². The number of rotatable bonds is 8. The highest BCUT2D eigenvalue weighted by Crippen LogP contribution is 2.28. The number of nitrogens with zero attached hydrogens (tertiary/aromatic N) is 2. The van der Waals surface area contributed by atoms with Crippen molar-refractivity contribution in [2.24, 2.45) is 0 Å². The Balaban J connectivity index is 1.75. The zero-order valence-corrected chi connectivity index (χ0v) is 20.4. The third kappa shape index (κ3) is 5.36. The smallest absolute Gasteiger partial charge is 0.276 e. The van der Waals surface area contributed by atoms with Crippen molar-refractivity contribution in [2.75, 3.05) is 25.3 Å². The molecule has 0 spiro atoms. The largest absolute Gasteiger partial charge is 0.497 e. The fraction of sp³-hybridized carbons (Fsp3) is 0.154. The summed E-state index contributed by atoms with van der Waals surface area (Å²) in [7, 11) is -1.75. The summed E-state index contributed by atoms with van der Waals surface area (Å²) in [6, 6.07) is 22.6. The number of aromatic nitrogens is 2. The van der Waals surface area contributed by atoms with Crippen molar-refractivity contribution in [3.05, 3.63) is 84.6 Å². The van der Waals surface area contributed by atoms with Crippen LogP contribution >= 0.6 is 0 Å². The van der Waals surface area contributed by atoms with Gasteiger partial charge in [-0.15, -0.1) is 0 Å². The quantitative estimate of drug-likeness (QED) is 0.387. The molecule has 1 amide bonds. The van der Waals surface area contributed by atoms with Gasteiger partial charge in [0.05, 0.1) is 35.7 Å². The number of anilines is 1. The van der Waals surface area contributed by atoms with E-state index in [1.165, 1.54) is 12.1 Å². The number of methoxy groups -OCH3 is 1. The Morgan fingerprint density at radius 1 is 1.00 bits per heavy atom. The van der Waals surface area contributed by atoms with E-state index in [1.54, 1.807) is 42.1 Å². The Morgan fingerprint density at radius 3 is 2.31 bits per heavy atom. The molecule has 0 saturated heterocycles. The number of ether oxygens (including phenoxy) is 2. The molecule has 0 aliphatic rings. The van der Waals surface area contributed by atoms with Gasteiger partial charge < -0.3 is 14.8 Å². The summed E-state index contributed by atoms with van der Waals surface area (Å²) >= 11 is 0. The van der Waals surface area contributed by atoms with Gasteiger partial charge in [-0.05, 0) is 73.7 Å². The topological polar surface area (TPSA) is 99.5 Å². The van der Waals surface area contributed by atoms with E-state index in [0.717, 1.165) is 11.8 Å². The molecule has 0 fully saturated rings. The van der Waals surface area contributed by atoms with Crippen LogP contribution < -0.4 is 14.8 Å². The normalized spacial score (nSPS) is 11.2. The molecule has 0 aliphatic carbocycles. The molecule has 0 unspecified atom stereocenters. The molecule has 8 nitrogen and oxygen atoms in total. The van der Waals surface area contributed by atoms with E-state index in [1.807, 2.05) is 43.3 Å². The molecule has 3 aromatic carbocycles. The van der Waals surface area contributed by atoms with Crippen molar-refractivity contribution in [2.45, 2.75) is 11.8 Å². The van der Waals surface area contributed by atoms with Crippen molar-refractivity contribution >= 4 is 21.4 Å². The minimum absolute atomic E-state index is 0.189. The molecule has 1 N–H and O–H groups in total. The number of hydrogen-bond acceptors (Lipinski definition) is 6. The number of carbonyl (C=O) groups excluding carboxylic acids is 1. The molecular weight excluding hydrogens is 466 g/mol. The highest BCUT2D eigenvalue weighted by atomic mass is 32.2. The van der Waals surface area contributed by atoms with Gasteiger partial charge in [-0.2, -0.15) is 5.10 Å². The number of amides is 1. The summed E-state index contributed by atoms with van der Waals surface area (Å²) < 4.78 is 36.2. The van der Waals surface area contributed by atoms with Crippen molar-refractivity contribution in [1.29, 1.82) is 0 Å². The van der Waals surface area contributed by atoms with Crippen LogP contribution in [0.2, 0.25) is 0 Å². The Hall–Kier alpha value is -4.11. The first-order chi connectivity index (χ1) is 16.8. The third-order valence-electron chi connectivity index (χ3n) is 5.27. The Morgan fingerprint density at radius 2 is 1.69 bits per heavy atom. The summed E-state index contributed by atoms with van der Waals surface area (Å²) in [6.45, 7) is 2.34. The molecule has 0 atom stereocenters. The molecule has 35 heavy (non-hydrogen) atoms. The Bertz CT molecular complexity index is 1440. The first kappa shape index (κ1) is 24.0. The summed E-state index contributed by atoms with van der Waals surface area (Å²) in [5.41, 5.74) is 2.80. The minimum atomic E-state index is -3.34. The van der Waals surface area contributed by atoms with Gasteiger partial charge in [0.1, 0.15) is 11.5 Å². The maximum Gasteiger partial charge on any atom is 0.276 e. The number of nitrogens with one attached hydrogen (secondary N) is 1. The number of benzene rings is 3. The highest BCUT2D eigenvalue weighted by Gasteiger charge is 2.19. The summed E-state index contributed by atoms with van der Waals surface area (Å²) in [4.78, 5) is 13.3. The molecule has 0 aliphatic heterocycles. The Kier molecular flexibility index (Phi) is 6.88. The zero-order chi connectivity index (χ0) is 25.0. The van der Waals surface area contributed by atoms with Crippen LogP contribution in [0.3, 0.4) is 0 Å². The number of para-hydroxylation sites is 2. The van der Waals surface area contributed by atoms with Gasteiger partial charge in [0.25, 0.3) is 5.91 Å². The Labute approximate surface area is 204 Å². The van der Waals surface area contributed by atoms with Crippen LogP contribution in [0.15, 0.2) is 83.8 Å². The zero-order valence-electron chi connectivity index (χ0n) is 19.6. The molecule has 4 aromatic rings. The summed E-state index contributed by atoms with van der Waals surface area (Å²) in [6.07, 6.45) is 1.15. The van der Waals surface area contributed by atoms with E-state index in [9.17, 15) is 13.2 Å². The first-order valence-electron chi connectivity index (χ1n) is 10.9. The highest BCUT2D eigenvalue weighted by molar-refractivity contribution is 7.90. The van der Waals surface area contributed by atoms with Gasteiger partial charge >= 0.3 is 0 Å². The van der Waals surface area contributed by atoms with Gasteiger partial charge in [-0.3, -0.25) is 4.79 Å². The molecule has 9 heteroatoms. The maximum absolute atomic E-state index is 13.1. The van der Waals surface area contributed by atoms with Crippen LogP contribution in [0.25, 0.3) is 16.9 Å². The second kappa shape index (κ2) is 10.0. The van der Waals surface area contributed by atoms with E-state index >= 15 is 0 Å². The van der Waals surface area contributed by atoms with Crippen LogP contribution in [-0.4, -0.2) is 44.1 Å². The number of hydrogen-bond donors (Lipinski definition) is 1. The van der Waals surface area contributed by atoms with E-state index in [2.05, 4.69) is 10.4 Å². The maximum atomic E-state index is 13.1. The summed E-state index contributed by atoms with van der Waals surface area (Å²) in [5.74, 6) is 0.857. The second-order valence-corrected chi connectivity index (χ2v) is 9.72. The minimum Gasteiger partial charge on any atom is -0.497 e. The van der Waals surface area contributed by atoms with Crippen molar-refractivity contribution in [3.8, 4) is 28.4 Å². The molecule has 0 radical (unpaired) electrons. The van der Waals surface area contributed by atoms with Crippen molar-refractivity contribution in [1.82, 2.24) is 9.78 Å². The van der Waals surface area contributed by atoms with Crippen molar-refractivity contribution < 1.29 is 22.7 Å². The lowest BCUT2D eigenvalue weighted by atomic mass is 10.1. The van der Waals surface area contributed by atoms with Gasteiger partial charge in [0, 0.05) is 11.8 Å². The second-order valence-electron chi connectivity index (χ2n) is 7.70. The molecule has 0 bridgehead atoms. The van der Waals surface area contributed by atoms with Crippen LogP contribution in [-0.2, 0) is 9.84 Å². The summed E-state index contributed by atoms with van der Waals surface area (Å²) in [5, 5.41) is 7.41. The standard InChI is InChI=1S/C26H25N3O5S/c1-4-34-25-8-6-5-7-22(25)27-26(30)23-17-24(18-9-13-20(33-2)14-10-18)29(28-23)19-11-15-21(16-12-19)35(3,31)32/h5-17H,4H2,1-3H3,(H,27,30). The molecular formula is C26H25N3O5S. The van der Waals surface area contributed by atoms with Crippen LogP contribution in [0, 0.1) is 0 Å². The molecule has 1 heterocycles. The molecule has 180 valence electrons.